The van der Waals surface area contributed by atoms with Gasteiger partial charge in [0.15, 0.2) is 0 Å². The molecule has 1 saturated carbocycles. The topological polar surface area (TPSA) is 37.8 Å². The van der Waals surface area contributed by atoms with E-state index in [-0.39, 0.29) is 6.04 Å². The summed E-state index contributed by atoms with van der Waals surface area (Å²) in [7, 11) is 0. The van der Waals surface area contributed by atoms with Gasteiger partial charge in [-0.1, -0.05) is 37.6 Å². The molecule has 1 unspecified atom stereocenters. The van der Waals surface area contributed by atoms with Crippen LogP contribution >= 0.6 is 0 Å². The first-order valence-electron chi connectivity index (χ1n) is 7.91. The van der Waals surface area contributed by atoms with Crippen LogP contribution in [0.1, 0.15) is 60.8 Å². The highest BCUT2D eigenvalue weighted by Crippen LogP contribution is 2.40. The first-order valence-corrected chi connectivity index (χ1v) is 7.91. The Hall–Kier alpha value is -1.74. The normalized spacial score (nSPS) is 16.5. The maximum atomic E-state index is 4.64. The molecule has 0 amide bonds. The minimum Gasteiger partial charge on any atom is -0.305 e. The van der Waals surface area contributed by atoms with Crippen molar-refractivity contribution in [3.63, 3.8) is 0 Å². The van der Waals surface area contributed by atoms with E-state index in [0.717, 1.165) is 24.0 Å². The van der Waals surface area contributed by atoms with Gasteiger partial charge in [0, 0.05) is 6.20 Å². The Morgan fingerprint density at radius 1 is 1.24 bits per heavy atom. The largest absolute Gasteiger partial charge is 0.305 e. The van der Waals surface area contributed by atoms with Gasteiger partial charge in [-0.15, -0.1) is 0 Å². The molecule has 1 N–H and O–H groups in total. The van der Waals surface area contributed by atoms with Gasteiger partial charge in [0.2, 0.25) is 0 Å². The van der Waals surface area contributed by atoms with Gasteiger partial charge in [0.05, 0.1) is 11.7 Å². The SMILES string of the molecule is CCNC(c1ccnc(C)n1)c1ccccc1C1CCC1. The molecule has 0 aliphatic heterocycles. The van der Waals surface area contributed by atoms with E-state index in [0.29, 0.717) is 0 Å². The number of hydrogen-bond acceptors (Lipinski definition) is 3. The molecule has 1 aliphatic rings. The van der Waals surface area contributed by atoms with Crippen LogP contribution in [0.4, 0.5) is 0 Å². The van der Waals surface area contributed by atoms with E-state index in [1.165, 1.54) is 30.4 Å². The quantitative estimate of drug-likeness (QED) is 0.907. The molecule has 3 nitrogen and oxygen atoms in total. The fourth-order valence-electron chi connectivity index (χ4n) is 3.08. The Morgan fingerprint density at radius 3 is 2.71 bits per heavy atom. The van der Waals surface area contributed by atoms with Crippen LogP contribution in [0.2, 0.25) is 0 Å². The fraction of sp³-hybridized carbons (Fsp3) is 0.444. The van der Waals surface area contributed by atoms with Gasteiger partial charge in [-0.3, -0.25) is 0 Å². The summed E-state index contributed by atoms with van der Waals surface area (Å²) in [5.74, 6) is 1.56. The lowest BCUT2D eigenvalue weighted by molar-refractivity contribution is 0.414. The van der Waals surface area contributed by atoms with Gasteiger partial charge in [-0.25, -0.2) is 9.97 Å². The van der Waals surface area contributed by atoms with E-state index in [1.807, 2.05) is 19.2 Å². The van der Waals surface area contributed by atoms with Crippen LogP contribution in [-0.2, 0) is 0 Å². The minimum atomic E-state index is 0.161. The maximum absolute atomic E-state index is 4.64. The second-order valence-corrected chi connectivity index (χ2v) is 5.78. The van der Waals surface area contributed by atoms with Crippen molar-refractivity contribution in [2.75, 3.05) is 6.54 Å². The number of aryl methyl sites for hydroxylation is 1. The Labute approximate surface area is 126 Å². The van der Waals surface area contributed by atoms with Crippen molar-refractivity contribution in [1.82, 2.24) is 15.3 Å². The monoisotopic (exact) mass is 281 g/mol. The van der Waals surface area contributed by atoms with E-state index < -0.39 is 0 Å². The van der Waals surface area contributed by atoms with Gasteiger partial charge < -0.3 is 5.32 Å². The lowest BCUT2D eigenvalue weighted by Crippen LogP contribution is -2.25. The Balaban J connectivity index is 2.01. The van der Waals surface area contributed by atoms with Crippen LogP contribution in [0, 0.1) is 6.92 Å². The Morgan fingerprint density at radius 2 is 2.05 bits per heavy atom. The summed E-state index contributed by atoms with van der Waals surface area (Å²) in [4.78, 5) is 8.86. The van der Waals surface area contributed by atoms with Crippen LogP contribution in [0.25, 0.3) is 0 Å². The van der Waals surface area contributed by atoms with Crippen molar-refractivity contribution in [1.29, 1.82) is 0 Å². The number of hydrogen-bond donors (Lipinski definition) is 1. The zero-order valence-electron chi connectivity index (χ0n) is 12.8. The van der Waals surface area contributed by atoms with E-state index >= 15 is 0 Å². The van der Waals surface area contributed by atoms with Gasteiger partial charge in [0.25, 0.3) is 0 Å². The third-order valence-corrected chi connectivity index (χ3v) is 4.35. The zero-order valence-corrected chi connectivity index (χ0v) is 12.8. The molecule has 110 valence electrons. The molecular formula is C18H23N3. The number of rotatable bonds is 5. The summed E-state index contributed by atoms with van der Waals surface area (Å²) in [6, 6.07) is 11.0. The summed E-state index contributed by atoms with van der Waals surface area (Å²) in [6.07, 6.45) is 5.85. The maximum Gasteiger partial charge on any atom is 0.125 e. The summed E-state index contributed by atoms with van der Waals surface area (Å²) in [6.45, 7) is 5.02. The third-order valence-electron chi connectivity index (χ3n) is 4.35. The smallest absolute Gasteiger partial charge is 0.125 e. The van der Waals surface area contributed by atoms with Crippen molar-refractivity contribution in [2.45, 2.75) is 45.1 Å². The molecule has 1 aliphatic carbocycles. The zero-order chi connectivity index (χ0) is 14.7. The lowest BCUT2D eigenvalue weighted by atomic mass is 9.77. The summed E-state index contributed by atoms with van der Waals surface area (Å²) in [5, 5.41) is 3.60. The van der Waals surface area contributed by atoms with Crippen molar-refractivity contribution in [3.8, 4) is 0 Å². The van der Waals surface area contributed by atoms with Crippen molar-refractivity contribution in [2.24, 2.45) is 0 Å². The van der Waals surface area contributed by atoms with Crippen LogP contribution in [0.15, 0.2) is 36.5 Å². The standard InChI is InChI=1S/C18H23N3/c1-3-19-18(17-11-12-20-13(2)21-17)16-10-5-4-9-15(16)14-7-6-8-14/h4-5,9-12,14,18-19H,3,6-8H2,1-2H3. The number of aromatic nitrogens is 2. The molecule has 3 heteroatoms. The molecule has 0 saturated heterocycles. The molecular weight excluding hydrogens is 258 g/mol. The Kier molecular flexibility index (Phi) is 4.30. The molecule has 1 aromatic carbocycles. The highest BCUT2D eigenvalue weighted by molar-refractivity contribution is 5.38. The van der Waals surface area contributed by atoms with Gasteiger partial charge in [-0.2, -0.15) is 0 Å². The molecule has 0 radical (unpaired) electrons. The summed E-state index contributed by atoms with van der Waals surface area (Å²) < 4.78 is 0. The molecule has 1 fully saturated rings. The van der Waals surface area contributed by atoms with E-state index in [2.05, 4.69) is 46.5 Å². The number of nitrogens with zero attached hydrogens (tertiary/aromatic N) is 2. The summed E-state index contributed by atoms with van der Waals surface area (Å²) >= 11 is 0. The van der Waals surface area contributed by atoms with E-state index in [4.69, 9.17) is 0 Å². The first-order chi connectivity index (χ1) is 10.3. The van der Waals surface area contributed by atoms with Gasteiger partial charge in [-0.05, 0) is 49.4 Å². The second-order valence-electron chi connectivity index (χ2n) is 5.78. The predicted octanol–water partition coefficient (Wildman–Crippen LogP) is 3.75. The molecule has 2 aromatic rings. The van der Waals surface area contributed by atoms with Crippen LogP contribution in [0.3, 0.4) is 0 Å². The molecule has 1 aromatic heterocycles. The predicted molar refractivity (Wildman–Crippen MR) is 85.3 cm³/mol. The highest BCUT2D eigenvalue weighted by atomic mass is 15.0. The van der Waals surface area contributed by atoms with Crippen molar-refractivity contribution >= 4 is 0 Å². The average Bonchev–Trinajstić information content (AvgIpc) is 2.44. The Bertz CT molecular complexity index is 605. The summed E-state index contributed by atoms with van der Waals surface area (Å²) in [5.41, 5.74) is 3.93. The number of benzene rings is 1. The molecule has 21 heavy (non-hydrogen) atoms. The van der Waals surface area contributed by atoms with Crippen molar-refractivity contribution < 1.29 is 0 Å². The molecule has 0 bridgehead atoms. The lowest BCUT2D eigenvalue weighted by Gasteiger charge is -2.30. The highest BCUT2D eigenvalue weighted by Gasteiger charge is 2.25. The number of nitrogens with one attached hydrogen (secondary N) is 1. The fourth-order valence-corrected chi connectivity index (χ4v) is 3.08. The van der Waals surface area contributed by atoms with E-state index in [1.54, 1.807) is 0 Å². The average molecular weight is 281 g/mol. The van der Waals surface area contributed by atoms with Gasteiger partial charge >= 0.3 is 0 Å². The molecule has 1 atom stereocenters. The second kappa shape index (κ2) is 6.35. The van der Waals surface area contributed by atoms with E-state index in [9.17, 15) is 0 Å². The van der Waals surface area contributed by atoms with Crippen LogP contribution in [0.5, 0.6) is 0 Å². The van der Waals surface area contributed by atoms with Gasteiger partial charge in [0.1, 0.15) is 5.82 Å². The minimum absolute atomic E-state index is 0.161. The van der Waals surface area contributed by atoms with Crippen LogP contribution < -0.4 is 5.32 Å². The third kappa shape index (κ3) is 2.98. The van der Waals surface area contributed by atoms with Crippen molar-refractivity contribution in [3.05, 3.63) is 59.2 Å². The molecule has 3 rings (SSSR count). The first kappa shape index (κ1) is 14.2. The molecule has 0 spiro atoms. The van der Waals surface area contributed by atoms with Crippen LogP contribution in [-0.4, -0.2) is 16.5 Å². The molecule has 1 heterocycles.